The summed E-state index contributed by atoms with van der Waals surface area (Å²) in [7, 11) is 1.82. The van der Waals surface area contributed by atoms with E-state index in [2.05, 4.69) is 36.2 Å². The van der Waals surface area contributed by atoms with Gasteiger partial charge < -0.3 is 5.32 Å². The van der Waals surface area contributed by atoms with Crippen molar-refractivity contribution in [3.05, 3.63) is 35.1 Å². The van der Waals surface area contributed by atoms with E-state index in [-0.39, 0.29) is 0 Å². The summed E-state index contributed by atoms with van der Waals surface area (Å²) in [6.07, 6.45) is 3.43. The van der Waals surface area contributed by atoms with Crippen molar-refractivity contribution in [3.63, 3.8) is 0 Å². The van der Waals surface area contributed by atoms with E-state index in [1.54, 1.807) is 12.4 Å². The average Bonchev–Trinajstić information content (AvgIpc) is 2.30. The molecule has 0 atom stereocenters. The molecule has 0 fully saturated rings. The van der Waals surface area contributed by atoms with Crippen molar-refractivity contribution >= 4 is 21.7 Å². The minimum atomic E-state index is 0.620. The Labute approximate surface area is 95.9 Å². The zero-order valence-corrected chi connectivity index (χ0v) is 9.69. The highest BCUT2D eigenvalue weighted by Crippen LogP contribution is 2.15. The minimum absolute atomic E-state index is 0.620. The van der Waals surface area contributed by atoms with Gasteiger partial charge in [0.05, 0.1) is 0 Å². The third-order valence-corrected chi connectivity index (χ3v) is 2.34. The highest BCUT2D eigenvalue weighted by Gasteiger charge is 2.02. The van der Waals surface area contributed by atoms with Crippen molar-refractivity contribution in [1.29, 1.82) is 0 Å². The Morgan fingerprint density at radius 2 is 2.07 bits per heavy atom. The van der Waals surface area contributed by atoms with Gasteiger partial charge in [-0.1, -0.05) is 0 Å². The molecule has 0 aliphatic rings. The number of nitrogens with one attached hydrogen (secondary N) is 1. The van der Waals surface area contributed by atoms with Gasteiger partial charge in [0.1, 0.15) is 11.5 Å². The van der Waals surface area contributed by atoms with Crippen LogP contribution in [0.4, 0.5) is 5.82 Å². The molecule has 15 heavy (non-hydrogen) atoms. The molecule has 2 aromatic heterocycles. The Balaban J connectivity index is 2.40. The lowest BCUT2D eigenvalue weighted by Crippen LogP contribution is -1.96. The van der Waals surface area contributed by atoms with E-state index in [0.29, 0.717) is 5.82 Å². The molecule has 2 aromatic rings. The Morgan fingerprint density at radius 3 is 2.73 bits per heavy atom. The van der Waals surface area contributed by atoms with Gasteiger partial charge in [-0.15, -0.1) is 0 Å². The quantitative estimate of drug-likeness (QED) is 0.905. The van der Waals surface area contributed by atoms with Crippen LogP contribution in [0.2, 0.25) is 0 Å². The Morgan fingerprint density at radius 1 is 1.20 bits per heavy atom. The highest BCUT2D eigenvalue weighted by molar-refractivity contribution is 9.10. The van der Waals surface area contributed by atoms with Gasteiger partial charge in [-0.05, 0) is 34.1 Å². The second kappa shape index (κ2) is 4.35. The van der Waals surface area contributed by atoms with Crippen LogP contribution in [0.5, 0.6) is 0 Å². The summed E-state index contributed by atoms with van der Waals surface area (Å²) >= 11 is 3.33. The minimum Gasteiger partial charge on any atom is -0.373 e. The molecular weight excluding hydrogens is 256 g/mol. The van der Waals surface area contributed by atoms with Gasteiger partial charge in [-0.25, -0.2) is 9.97 Å². The second-order valence-corrected chi connectivity index (χ2v) is 3.79. The number of nitrogens with zero attached hydrogens (tertiary/aromatic N) is 3. The first-order chi connectivity index (χ1) is 7.29. The topological polar surface area (TPSA) is 50.7 Å². The van der Waals surface area contributed by atoms with Gasteiger partial charge in [0, 0.05) is 23.9 Å². The number of pyridine rings is 1. The first-order valence-electron chi connectivity index (χ1n) is 4.42. The fourth-order valence-corrected chi connectivity index (χ4v) is 1.36. The largest absolute Gasteiger partial charge is 0.373 e. The molecule has 0 bridgehead atoms. The van der Waals surface area contributed by atoms with Crippen LogP contribution in [0.3, 0.4) is 0 Å². The van der Waals surface area contributed by atoms with E-state index in [9.17, 15) is 0 Å². The molecule has 4 nitrogen and oxygen atoms in total. The molecule has 76 valence electrons. The molecule has 1 N–H and O–H groups in total. The molecule has 0 aliphatic heterocycles. The van der Waals surface area contributed by atoms with Crippen LogP contribution in [0.1, 0.15) is 0 Å². The van der Waals surface area contributed by atoms with Crippen molar-refractivity contribution < 1.29 is 0 Å². The fraction of sp³-hybridized carbons (Fsp3) is 0.100. The maximum Gasteiger partial charge on any atom is 0.180 e. The Kier molecular flexibility index (Phi) is 2.91. The van der Waals surface area contributed by atoms with Crippen molar-refractivity contribution in [3.8, 4) is 11.5 Å². The Bertz CT molecular complexity index is 455. The lowest BCUT2D eigenvalue weighted by atomic mass is 10.3. The first kappa shape index (κ1) is 10.0. The van der Waals surface area contributed by atoms with E-state index in [1.165, 1.54) is 0 Å². The van der Waals surface area contributed by atoms with E-state index >= 15 is 0 Å². The predicted molar refractivity (Wildman–Crippen MR) is 62.5 cm³/mol. The molecule has 2 heterocycles. The molecule has 5 heteroatoms. The summed E-state index contributed by atoms with van der Waals surface area (Å²) in [5.74, 6) is 1.40. The summed E-state index contributed by atoms with van der Waals surface area (Å²) in [5.41, 5.74) is 0.760. The third kappa shape index (κ3) is 2.30. The van der Waals surface area contributed by atoms with Gasteiger partial charge in [-0.3, -0.25) is 4.98 Å². The molecule has 0 radical (unpaired) electrons. The fourth-order valence-electron chi connectivity index (χ4n) is 1.13. The normalized spacial score (nSPS) is 10.0. The Hall–Kier alpha value is -1.49. The highest BCUT2D eigenvalue weighted by atomic mass is 79.9. The molecule has 0 saturated heterocycles. The lowest BCUT2D eigenvalue weighted by molar-refractivity contribution is 1.13. The van der Waals surface area contributed by atoms with Crippen molar-refractivity contribution in [1.82, 2.24) is 15.0 Å². The molecule has 2 rings (SSSR count). The maximum atomic E-state index is 4.29. The lowest BCUT2D eigenvalue weighted by Gasteiger charge is -2.01. The summed E-state index contributed by atoms with van der Waals surface area (Å²) in [5, 5.41) is 2.96. The summed E-state index contributed by atoms with van der Waals surface area (Å²) in [6, 6.07) is 5.60. The van der Waals surface area contributed by atoms with Gasteiger partial charge in [0.25, 0.3) is 0 Å². The van der Waals surface area contributed by atoms with Gasteiger partial charge >= 0.3 is 0 Å². The molecule has 0 amide bonds. The number of aromatic nitrogens is 3. The van der Waals surface area contributed by atoms with E-state index in [4.69, 9.17) is 0 Å². The van der Waals surface area contributed by atoms with Crippen molar-refractivity contribution in [2.24, 2.45) is 0 Å². The van der Waals surface area contributed by atoms with Gasteiger partial charge in [0.2, 0.25) is 0 Å². The maximum absolute atomic E-state index is 4.29. The van der Waals surface area contributed by atoms with Crippen LogP contribution in [-0.4, -0.2) is 22.0 Å². The van der Waals surface area contributed by atoms with Crippen LogP contribution < -0.4 is 5.32 Å². The molecular formula is C10H9BrN4. The van der Waals surface area contributed by atoms with E-state index in [1.807, 2.05) is 25.2 Å². The van der Waals surface area contributed by atoms with Crippen molar-refractivity contribution in [2.45, 2.75) is 0 Å². The monoisotopic (exact) mass is 264 g/mol. The summed E-state index contributed by atoms with van der Waals surface area (Å²) < 4.78 is 0.941. The predicted octanol–water partition coefficient (Wildman–Crippen LogP) is 2.34. The number of anilines is 1. The molecule has 0 aliphatic carbocycles. The smallest absolute Gasteiger partial charge is 0.180 e. The average molecular weight is 265 g/mol. The van der Waals surface area contributed by atoms with Crippen LogP contribution >= 0.6 is 15.9 Å². The van der Waals surface area contributed by atoms with Gasteiger partial charge in [0.15, 0.2) is 5.82 Å². The summed E-state index contributed by atoms with van der Waals surface area (Å²) in [4.78, 5) is 12.7. The molecule has 0 spiro atoms. The number of hydrogen-bond donors (Lipinski definition) is 1. The van der Waals surface area contributed by atoms with Gasteiger partial charge in [-0.2, -0.15) is 0 Å². The number of rotatable bonds is 2. The molecule has 0 unspecified atom stereocenters. The molecule has 0 aromatic carbocycles. The van der Waals surface area contributed by atoms with Crippen LogP contribution in [0, 0.1) is 0 Å². The van der Waals surface area contributed by atoms with E-state index in [0.717, 1.165) is 16.0 Å². The van der Waals surface area contributed by atoms with Crippen LogP contribution in [0.15, 0.2) is 35.1 Å². The zero-order chi connectivity index (χ0) is 10.7. The standard InChI is InChI=1S/C10H9BrN4/c1-12-9-4-5-13-10(15-9)8-3-2-7(11)6-14-8/h2-6H,1H3,(H,12,13,15). The number of halogens is 1. The third-order valence-electron chi connectivity index (χ3n) is 1.87. The van der Waals surface area contributed by atoms with Crippen molar-refractivity contribution in [2.75, 3.05) is 12.4 Å². The first-order valence-corrected chi connectivity index (χ1v) is 5.21. The SMILES string of the molecule is CNc1ccnc(-c2ccc(Br)cn2)n1. The van der Waals surface area contributed by atoms with Crippen LogP contribution in [0.25, 0.3) is 11.5 Å². The molecule has 0 saturated carbocycles. The zero-order valence-electron chi connectivity index (χ0n) is 8.11. The number of hydrogen-bond acceptors (Lipinski definition) is 4. The summed E-state index contributed by atoms with van der Waals surface area (Å²) in [6.45, 7) is 0. The van der Waals surface area contributed by atoms with E-state index < -0.39 is 0 Å². The second-order valence-electron chi connectivity index (χ2n) is 2.88. The van der Waals surface area contributed by atoms with Crippen LogP contribution in [-0.2, 0) is 0 Å².